The molecule has 102 valence electrons. The van der Waals surface area contributed by atoms with E-state index in [2.05, 4.69) is 17.1 Å². The van der Waals surface area contributed by atoms with E-state index in [0.717, 1.165) is 27.5 Å². The van der Waals surface area contributed by atoms with Crippen LogP contribution in [0.1, 0.15) is 5.56 Å². The molecule has 3 rings (SSSR count). The van der Waals surface area contributed by atoms with Gasteiger partial charge >= 0.3 is 0 Å². The standard InChI is InChI=1S/C15H14N2OS2/c1-17-14(18)13-12(8-10-19-13)16-15(17)20-9-7-11-5-3-2-4-6-11/h2-6,8,10H,7,9H2,1H3. The number of thioether (sulfide) groups is 1. The summed E-state index contributed by atoms with van der Waals surface area (Å²) in [5.74, 6) is 0.917. The molecule has 3 aromatic rings. The second-order valence-corrected chi connectivity index (χ2v) is 6.46. The van der Waals surface area contributed by atoms with E-state index in [1.54, 1.807) is 23.4 Å². The minimum absolute atomic E-state index is 0.0483. The quantitative estimate of drug-likeness (QED) is 0.548. The number of aryl methyl sites for hydroxylation is 1. The molecule has 0 aliphatic rings. The first-order chi connectivity index (χ1) is 9.75. The maximum absolute atomic E-state index is 12.2. The van der Waals surface area contributed by atoms with Crippen molar-refractivity contribution >= 4 is 33.3 Å². The van der Waals surface area contributed by atoms with Crippen molar-refractivity contribution in [2.75, 3.05) is 5.75 Å². The highest BCUT2D eigenvalue weighted by molar-refractivity contribution is 7.99. The molecule has 20 heavy (non-hydrogen) atoms. The lowest BCUT2D eigenvalue weighted by Crippen LogP contribution is -2.19. The monoisotopic (exact) mass is 302 g/mol. The second-order valence-electron chi connectivity index (χ2n) is 4.48. The van der Waals surface area contributed by atoms with E-state index in [0.29, 0.717) is 0 Å². The Hall–Kier alpha value is -1.59. The van der Waals surface area contributed by atoms with Gasteiger partial charge in [-0.3, -0.25) is 9.36 Å². The Morgan fingerprint density at radius 3 is 2.85 bits per heavy atom. The summed E-state index contributed by atoms with van der Waals surface area (Å²) >= 11 is 3.08. The van der Waals surface area contributed by atoms with Crippen LogP contribution in [0.15, 0.2) is 51.7 Å². The fourth-order valence-corrected chi connectivity index (χ4v) is 3.77. The third-order valence-corrected chi connectivity index (χ3v) is 5.03. The van der Waals surface area contributed by atoms with Crippen molar-refractivity contribution in [1.29, 1.82) is 0 Å². The molecule has 0 saturated carbocycles. The summed E-state index contributed by atoms with van der Waals surface area (Å²) in [5.41, 5.74) is 2.16. The fourth-order valence-electron chi connectivity index (χ4n) is 2.00. The summed E-state index contributed by atoms with van der Waals surface area (Å²) in [5, 5.41) is 2.70. The summed E-state index contributed by atoms with van der Waals surface area (Å²) < 4.78 is 2.38. The van der Waals surface area contributed by atoms with Gasteiger partial charge in [0.1, 0.15) is 4.70 Å². The van der Waals surface area contributed by atoms with Crippen molar-refractivity contribution < 1.29 is 0 Å². The van der Waals surface area contributed by atoms with Crippen LogP contribution in [0, 0.1) is 0 Å². The van der Waals surface area contributed by atoms with Gasteiger partial charge in [0.2, 0.25) is 0 Å². The van der Waals surface area contributed by atoms with E-state index < -0.39 is 0 Å². The van der Waals surface area contributed by atoms with E-state index >= 15 is 0 Å². The average molecular weight is 302 g/mol. The molecule has 1 aromatic carbocycles. The van der Waals surface area contributed by atoms with Crippen molar-refractivity contribution in [2.45, 2.75) is 11.6 Å². The van der Waals surface area contributed by atoms with Crippen molar-refractivity contribution in [3.63, 3.8) is 0 Å². The Labute approximate surface area is 125 Å². The third kappa shape index (κ3) is 2.64. The number of rotatable bonds is 4. The molecule has 0 spiro atoms. The van der Waals surface area contributed by atoms with Crippen LogP contribution >= 0.6 is 23.1 Å². The largest absolute Gasteiger partial charge is 0.290 e. The molecule has 0 bridgehead atoms. The highest BCUT2D eigenvalue weighted by Crippen LogP contribution is 2.20. The van der Waals surface area contributed by atoms with Crippen LogP contribution in [-0.4, -0.2) is 15.3 Å². The van der Waals surface area contributed by atoms with Gasteiger partial charge in [-0.05, 0) is 23.4 Å². The topological polar surface area (TPSA) is 34.9 Å². The zero-order chi connectivity index (χ0) is 13.9. The van der Waals surface area contributed by atoms with Gasteiger partial charge in [0.05, 0.1) is 5.52 Å². The average Bonchev–Trinajstić information content (AvgIpc) is 2.94. The van der Waals surface area contributed by atoms with Gasteiger partial charge in [0, 0.05) is 12.8 Å². The van der Waals surface area contributed by atoms with Gasteiger partial charge in [0.25, 0.3) is 5.56 Å². The van der Waals surface area contributed by atoms with Crippen molar-refractivity contribution in [3.8, 4) is 0 Å². The van der Waals surface area contributed by atoms with Crippen molar-refractivity contribution in [1.82, 2.24) is 9.55 Å². The van der Waals surface area contributed by atoms with Gasteiger partial charge in [-0.15, -0.1) is 11.3 Å². The smallest absolute Gasteiger partial charge is 0.271 e. The Bertz CT molecular complexity index is 777. The fraction of sp³-hybridized carbons (Fsp3) is 0.200. The highest BCUT2D eigenvalue weighted by Gasteiger charge is 2.09. The molecule has 0 N–H and O–H groups in total. The van der Waals surface area contributed by atoms with Crippen LogP contribution in [-0.2, 0) is 13.5 Å². The first-order valence-corrected chi connectivity index (χ1v) is 8.23. The lowest BCUT2D eigenvalue weighted by molar-refractivity contribution is 0.727. The number of benzene rings is 1. The van der Waals surface area contributed by atoms with Crippen LogP contribution in [0.3, 0.4) is 0 Å². The zero-order valence-corrected chi connectivity index (χ0v) is 12.7. The molecule has 2 aromatic heterocycles. The number of hydrogen-bond acceptors (Lipinski definition) is 4. The summed E-state index contributed by atoms with van der Waals surface area (Å²) in [7, 11) is 1.79. The summed E-state index contributed by atoms with van der Waals surface area (Å²) in [6.45, 7) is 0. The van der Waals surface area contributed by atoms with E-state index in [1.165, 1.54) is 16.9 Å². The Morgan fingerprint density at radius 1 is 1.25 bits per heavy atom. The number of fused-ring (bicyclic) bond motifs is 1. The Balaban J connectivity index is 1.77. The lowest BCUT2D eigenvalue weighted by Gasteiger charge is -2.06. The van der Waals surface area contributed by atoms with E-state index in [9.17, 15) is 4.79 Å². The molecule has 5 heteroatoms. The molecule has 0 aliphatic heterocycles. The molecule has 0 saturated heterocycles. The molecule has 0 radical (unpaired) electrons. The van der Waals surface area contributed by atoms with Crippen LogP contribution in [0.5, 0.6) is 0 Å². The molecule has 0 unspecified atom stereocenters. The number of hydrogen-bond donors (Lipinski definition) is 0. The predicted molar refractivity (Wildman–Crippen MR) is 85.7 cm³/mol. The zero-order valence-electron chi connectivity index (χ0n) is 11.1. The van der Waals surface area contributed by atoms with Crippen LogP contribution in [0.25, 0.3) is 10.2 Å². The Morgan fingerprint density at radius 2 is 2.05 bits per heavy atom. The number of aromatic nitrogens is 2. The van der Waals surface area contributed by atoms with E-state index in [-0.39, 0.29) is 5.56 Å². The predicted octanol–water partition coefficient (Wildman–Crippen LogP) is 3.33. The van der Waals surface area contributed by atoms with Crippen LogP contribution in [0.2, 0.25) is 0 Å². The van der Waals surface area contributed by atoms with Gasteiger partial charge in [-0.25, -0.2) is 4.98 Å². The molecule has 0 amide bonds. The molecule has 0 fully saturated rings. The molecule has 2 heterocycles. The molecule has 0 atom stereocenters. The Kier molecular flexibility index (Phi) is 3.89. The van der Waals surface area contributed by atoms with Crippen LogP contribution in [0.4, 0.5) is 0 Å². The first kappa shape index (κ1) is 13.4. The van der Waals surface area contributed by atoms with Crippen molar-refractivity contribution in [3.05, 3.63) is 57.7 Å². The van der Waals surface area contributed by atoms with E-state index in [1.807, 2.05) is 29.6 Å². The minimum atomic E-state index is 0.0483. The summed E-state index contributed by atoms with van der Waals surface area (Å²) in [6, 6.07) is 12.3. The van der Waals surface area contributed by atoms with E-state index in [4.69, 9.17) is 0 Å². The lowest BCUT2D eigenvalue weighted by atomic mass is 10.2. The molecular formula is C15H14N2OS2. The molecular weight excluding hydrogens is 288 g/mol. The minimum Gasteiger partial charge on any atom is -0.290 e. The summed E-state index contributed by atoms with van der Waals surface area (Å²) in [4.78, 5) is 16.7. The third-order valence-electron chi connectivity index (χ3n) is 3.11. The van der Waals surface area contributed by atoms with Crippen LogP contribution < -0.4 is 5.56 Å². The SMILES string of the molecule is Cn1c(SCCc2ccccc2)nc2ccsc2c1=O. The van der Waals surface area contributed by atoms with Gasteiger partial charge in [-0.2, -0.15) is 0 Å². The second kappa shape index (κ2) is 5.81. The maximum atomic E-state index is 12.2. The molecule has 0 aliphatic carbocycles. The number of thiophene rings is 1. The summed E-state index contributed by atoms with van der Waals surface area (Å²) in [6.07, 6.45) is 0.975. The normalized spacial score (nSPS) is 11.1. The van der Waals surface area contributed by atoms with Gasteiger partial charge in [-0.1, -0.05) is 42.1 Å². The molecule has 3 nitrogen and oxygen atoms in total. The van der Waals surface area contributed by atoms with Gasteiger partial charge < -0.3 is 0 Å². The first-order valence-electron chi connectivity index (χ1n) is 6.36. The highest BCUT2D eigenvalue weighted by atomic mass is 32.2. The van der Waals surface area contributed by atoms with Crippen molar-refractivity contribution in [2.24, 2.45) is 7.05 Å². The maximum Gasteiger partial charge on any atom is 0.271 e. The van der Waals surface area contributed by atoms with Gasteiger partial charge in [0.15, 0.2) is 5.16 Å². The number of nitrogens with zero attached hydrogens (tertiary/aromatic N) is 2.